The standard InChI is InChI=1S/C18H32O16/c19-1-4-7(20)11(24)14(27)17(33-4)31-3-6-9(22)12(25)15(28)18(34-6)30-2-5-8(21)10(23)13(26)16(29)32-5/h4-29H,1-3H2/t4-,5-,6-,7-,8-,9-,10+,11+,12+,13-,14-,15-,16?,17+,18+/m0/s1. The Kier molecular flexibility index (Phi) is 9.54. The van der Waals surface area contributed by atoms with Crippen molar-refractivity contribution in [3.05, 3.63) is 0 Å². The van der Waals surface area contributed by atoms with Gasteiger partial charge in [0.15, 0.2) is 18.9 Å². The molecule has 0 aliphatic carbocycles. The van der Waals surface area contributed by atoms with Gasteiger partial charge in [0.05, 0.1) is 19.8 Å². The summed E-state index contributed by atoms with van der Waals surface area (Å²) in [5, 5.41) is 108. The van der Waals surface area contributed by atoms with Crippen LogP contribution in [-0.2, 0) is 23.7 Å². The zero-order valence-electron chi connectivity index (χ0n) is 17.7. The van der Waals surface area contributed by atoms with E-state index in [-0.39, 0.29) is 0 Å². The van der Waals surface area contributed by atoms with Crippen LogP contribution in [0.4, 0.5) is 0 Å². The number of rotatable bonds is 7. The van der Waals surface area contributed by atoms with Gasteiger partial charge < -0.3 is 79.9 Å². The maximum absolute atomic E-state index is 10.2. The van der Waals surface area contributed by atoms with Crippen molar-refractivity contribution in [2.45, 2.75) is 92.1 Å². The van der Waals surface area contributed by atoms with Gasteiger partial charge in [-0.15, -0.1) is 0 Å². The van der Waals surface area contributed by atoms with E-state index in [4.69, 9.17) is 23.7 Å². The topological polar surface area (TPSA) is 269 Å². The van der Waals surface area contributed by atoms with Gasteiger partial charge in [0.1, 0.15) is 73.2 Å². The monoisotopic (exact) mass is 504 g/mol. The molecule has 16 nitrogen and oxygen atoms in total. The molecule has 0 aromatic heterocycles. The van der Waals surface area contributed by atoms with E-state index in [1.165, 1.54) is 0 Å². The molecule has 0 saturated carbocycles. The molecule has 3 rings (SSSR count). The lowest BCUT2D eigenvalue weighted by Crippen LogP contribution is -2.62. The van der Waals surface area contributed by atoms with Crippen LogP contribution in [0.2, 0.25) is 0 Å². The summed E-state index contributed by atoms with van der Waals surface area (Å²) in [6.07, 6.45) is -24.4. The van der Waals surface area contributed by atoms with Crippen LogP contribution < -0.4 is 0 Å². The third-order valence-corrected chi connectivity index (χ3v) is 6.05. The first-order valence-corrected chi connectivity index (χ1v) is 10.6. The largest absolute Gasteiger partial charge is 0.394 e. The quantitative estimate of drug-likeness (QED) is 0.154. The average molecular weight is 504 g/mol. The van der Waals surface area contributed by atoms with Gasteiger partial charge in [0.2, 0.25) is 0 Å². The average Bonchev–Trinajstić information content (AvgIpc) is 2.82. The maximum atomic E-state index is 10.2. The highest BCUT2D eigenvalue weighted by atomic mass is 16.7. The van der Waals surface area contributed by atoms with Gasteiger partial charge in [-0.05, 0) is 0 Å². The predicted octanol–water partition coefficient (Wildman–Crippen LogP) is -7.57. The van der Waals surface area contributed by atoms with Crippen LogP contribution in [0, 0.1) is 0 Å². The summed E-state index contributed by atoms with van der Waals surface area (Å²) in [6.45, 7) is -1.84. The summed E-state index contributed by atoms with van der Waals surface area (Å²) in [5.74, 6) is 0. The molecule has 200 valence electrons. The van der Waals surface area contributed by atoms with E-state index in [2.05, 4.69) is 0 Å². The predicted molar refractivity (Wildman–Crippen MR) is 101 cm³/mol. The summed E-state index contributed by atoms with van der Waals surface area (Å²) >= 11 is 0. The second-order valence-electron chi connectivity index (χ2n) is 8.42. The molecule has 3 aliphatic heterocycles. The second kappa shape index (κ2) is 11.6. The van der Waals surface area contributed by atoms with Crippen molar-refractivity contribution in [2.24, 2.45) is 0 Å². The molecule has 3 fully saturated rings. The molecular formula is C18H32O16. The minimum Gasteiger partial charge on any atom is -0.394 e. The molecule has 3 aliphatic rings. The van der Waals surface area contributed by atoms with E-state index in [1.54, 1.807) is 0 Å². The summed E-state index contributed by atoms with van der Waals surface area (Å²) in [6, 6.07) is 0. The molecule has 3 heterocycles. The lowest BCUT2D eigenvalue weighted by atomic mass is 9.98. The first-order chi connectivity index (χ1) is 16.0. The molecule has 0 aromatic carbocycles. The van der Waals surface area contributed by atoms with E-state index < -0.39 is 112 Å². The Balaban J connectivity index is 1.58. The Morgan fingerprint density at radius 3 is 1.29 bits per heavy atom. The fraction of sp³-hybridized carbons (Fsp3) is 1.00. The number of aliphatic hydroxyl groups excluding tert-OH is 11. The molecule has 0 bridgehead atoms. The fourth-order valence-electron chi connectivity index (χ4n) is 3.84. The van der Waals surface area contributed by atoms with Crippen molar-refractivity contribution < 1.29 is 79.9 Å². The third-order valence-electron chi connectivity index (χ3n) is 6.05. The van der Waals surface area contributed by atoms with E-state index in [9.17, 15) is 56.2 Å². The molecule has 3 saturated heterocycles. The molecule has 11 N–H and O–H groups in total. The molecule has 0 radical (unpaired) electrons. The summed E-state index contributed by atoms with van der Waals surface area (Å²) < 4.78 is 26.1. The highest BCUT2D eigenvalue weighted by Crippen LogP contribution is 2.27. The number of hydrogen-bond acceptors (Lipinski definition) is 16. The molecule has 34 heavy (non-hydrogen) atoms. The number of aliphatic hydroxyl groups is 11. The van der Waals surface area contributed by atoms with Gasteiger partial charge in [-0.25, -0.2) is 0 Å². The van der Waals surface area contributed by atoms with Gasteiger partial charge in [-0.1, -0.05) is 0 Å². The van der Waals surface area contributed by atoms with Crippen molar-refractivity contribution in [1.29, 1.82) is 0 Å². The van der Waals surface area contributed by atoms with Crippen molar-refractivity contribution in [3.63, 3.8) is 0 Å². The normalized spacial score (nSPS) is 52.5. The molecule has 15 atom stereocenters. The van der Waals surface area contributed by atoms with E-state index >= 15 is 0 Å². The Morgan fingerprint density at radius 2 is 0.824 bits per heavy atom. The highest BCUT2D eigenvalue weighted by Gasteiger charge is 2.48. The molecule has 16 heteroatoms. The van der Waals surface area contributed by atoms with Crippen LogP contribution in [0.3, 0.4) is 0 Å². The Labute approximate surface area is 192 Å². The van der Waals surface area contributed by atoms with Gasteiger partial charge in [-0.3, -0.25) is 0 Å². The molecular weight excluding hydrogens is 472 g/mol. The van der Waals surface area contributed by atoms with Gasteiger partial charge >= 0.3 is 0 Å². The third kappa shape index (κ3) is 5.68. The highest BCUT2D eigenvalue weighted by molar-refractivity contribution is 4.92. The lowest BCUT2D eigenvalue weighted by Gasteiger charge is -2.43. The van der Waals surface area contributed by atoms with Crippen LogP contribution in [0.5, 0.6) is 0 Å². The smallest absolute Gasteiger partial charge is 0.186 e. The Bertz CT molecular complexity index is 639. The van der Waals surface area contributed by atoms with Crippen LogP contribution in [-0.4, -0.2) is 168 Å². The summed E-state index contributed by atoms with van der Waals surface area (Å²) in [4.78, 5) is 0. The van der Waals surface area contributed by atoms with E-state index in [0.29, 0.717) is 0 Å². The zero-order valence-corrected chi connectivity index (χ0v) is 17.7. The Hall–Kier alpha value is -0.640. The van der Waals surface area contributed by atoms with Crippen LogP contribution >= 0.6 is 0 Å². The second-order valence-corrected chi connectivity index (χ2v) is 8.42. The minimum atomic E-state index is -1.82. The van der Waals surface area contributed by atoms with Crippen molar-refractivity contribution in [3.8, 4) is 0 Å². The van der Waals surface area contributed by atoms with Crippen molar-refractivity contribution in [1.82, 2.24) is 0 Å². The first kappa shape index (κ1) is 27.9. The molecule has 0 aromatic rings. The van der Waals surface area contributed by atoms with Crippen LogP contribution in [0.25, 0.3) is 0 Å². The lowest BCUT2D eigenvalue weighted by molar-refractivity contribution is -0.340. The zero-order chi connectivity index (χ0) is 25.3. The van der Waals surface area contributed by atoms with E-state index in [1.807, 2.05) is 0 Å². The van der Waals surface area contributed by atoms with Crippen molar-refractivity contribution in [2.75, 3.05) is 19.8 Å². The Morgan fingerprint density at radius 1 is 0.441 bits per heavy atom. The molecule has 0 spiro atoms. The van der Waals surface area contributed by atoms with Crippen LogP contribution in [0.15, 0.2) is 0 Å². The number of hydrogen-bond donors (Lipinski definition) is 11. The van der Waals surface area contributed by atoms with Crippen LogP contribution in [0.1, 0.15) is 0 Å². The van der Waals surface area contributed by atoms with E-state index in [0.717, 1.165) is 0 Å². The summed E-state index contributed by atoms with van der Waals surface area (Å²) in [5.41, 5.74) is 0. The van der Waals surface area contributed by atoms with Gasteiger partial charge in [0.25, 0.3) is 0 Å². The van der Waals surface area contributed by atoms with Gasteiger partial charge in [-0.2, -0.15) is 0 Å². The fourth-order valence-corrected chi connectivity index (χ4v) is 3.84. The minimum absolute atomic E-state index is 0.570. The van der Waals surface area contributed by atoms with Gasteiger partial charge in [0, 0.05) is 0 Å². The maximum Gasteiger partial charge on any atom is 0.186 e. The van der Waals surface area contributed by atoms with Crippen molar-refractivity contribution >= 4 is 0 Å². The molecule has 0 amide bonds. The summed E-state index contributed by atoms with van der Waals surface area (Å²) in [7, 11) is 0. The first-order valence-electron chi connectivity index (χ1n) is 10.6. The SMILES string of the molecule is OC[C@@H]1O[C@@H](OC[C@@H]2O[C@@H](OC[C@@H]3OC(O)[C@@H](O)[C@H](O)[C@H]3O)[C@@H](O)[C@H](O)[C@H]2O)[C@@H](O)[C@H](O)[C@H]1O. The number of ether oxygens (including phenoxy) is 5. The molecule has 1 unspecified atom stereocenters.